The van der Waals surface area contributed by atoms with Crippen LogP contribution in [0, 0.1) is 5.82 Å². The Bertz CT molecular complexity index is 289. The molecule has 0 bridgehead atoms. The highest BCUT2D eigenvalue weighted by Crippen LogP contribution is 2.24. The van der Waals surface area contributed by atoms with Gasteiger partial charge >= 0.3 is 0 Å². The third kappa shape index (κ3) is 1.67. The molecule has 0 amide bonds. The smallest absolute Gasteiger partial charge is 0.146 e. The van der Waals surface area contributed by atoms with E-state index >= 15 is 0 Å². The molecule has 0 saturated carbocycles. The first kappa shape index (κ1) is 8.54. The predicted molar refractivity (Wildman–Crippen MR) is 52.1 cm³/mol. The second-order valence-corrected chi connectivity index (χ2v) is 3.70. The molecule has 0 aliphatic heterocycles. The lowest BCUT2D eigenvalue weighted by Crippen LogP contribution is -1.97. The summed E-state index contributed by atoms with van der Waals surface area (Å²) in [5, 5.41) is 0. The molecule has 1 aromatic rings. The fourth-order valence-corrected chi connectivity index (χ4v) is 1.95. The second-order valence-electron chi connectivity index (χ2n) is 3.70. The zero-order valence-electron chi connectivity index (χ0n) is 7.65. The summed E-state index contributed by atoms with van der Waals surface area (Å²) in [6, 6.07) is 3.41. The van der Waals surface area contributed by atoms with Gasteiger partial charge in [0.1, 0.15) is 5.82 Å². The fraction of sp³-hybridized carbons (Fsp3) is 0.455. The van der Waals surface area contributed by atoms with E-state index in [1.807, 2.05) is 0 Å². The van der Waals surface area contributed by atoms with Crippen LogP contribution in [0.25, 0.3) is 0 Å². The van der Waals surface area contributed by atoms with Crippen LogP contribution in [-0.4, -0.2) is 0 Å². The molecule has 70 valence electrons. The monoisotopic (exact) mass is 179 g/mol. The van der Waals surface area contributed by atoms with Crippen molar-refractivity contribution in [2.75, 3.05) is 5.73 Å². The lowest BCUT2D eigenvalue weighted by Gasteiger charge is -2.06. The van der Waals surface area contributed by atoms with Crippen LogP contribution in [-0.2, 0) is 12.8 Å². The molecule has 1 aliphatic rings. The van der Waals surface area contributed by atoms with Gasteiger partial charge in [-0.25, -0.2) is 4.39 Å². The first-order valence-corrected chi connectivity index (χ1v) is 4.84. The van der Waals surface area contributed by atoms with Gasteiger partial charge in [0.25, 0.3) is 0 Å². The number of aryl methyl sites for hydroxylation is 2. The average Bonchev–Trinajstić information content (AvgIpc) is 2.31. The van der Waals surface area contributed by atoms with Crippen molar-refractivity contribution in [2.45, 2.75) is 32.1 Å². The van der Waals surface area contributed by atoms with E-state index in [9.17, 15) is 4.39 Å². The van der Waals surface area contributed by atoms with Crippen LogP contribution in [0.2, 0.25) is 0 Å². The summed E-state index contributed by atoms with van der Waals surface area (Å²) in [6.07, 6.45) is 5.69. The number of benzene rings is 1. The van der Waals surface area contributed by atoms with Crippen molar-refractivity contribution in [1.29, 1.82) is 0 Å². The van der Waals surface area contributed by atoms with Gasteiger partial charge in [-0.2, -0.15) is 0 Å². The fourth-order valence-electron chi connectivity index (χ4n) is 1.95. The Hall–Kier alpha value is -1.05. The standard InChI is InChI=1S/C11H14FN/c12-10-6-8-4-2-1-3-5-9(8)7-11(10)13/h6-7H,1-5,13H2. The summed E-state index contributed by atoms with van der Waals surface area (Å²) < 4.78 is 13.1. The van der Waals surface area contributed by atoms with Crippen molar-refractivity contribution in [3.05, 3.63) is 29.1 Å². The Labute approximate surface area is 77.8 Å². The Morgan fingerprint density at radius 2 is 1.62 bits per heavy atom. The number of hydrogen-bond donors (Lipinski definition) is 1. The van der Waals surface area contributed by atoms with Gasteiger partial charge in [0.05, 0.1) is 5.69 Å². The first-order chi connectivity index (χ1) is 6.27. The minimum atomic E-state index is -0.263. The molecule has 2 rings (SSSR count). The third-order valence-electron chi connectivity index (χ3n) is 2.71. The zero-order chi connectivity index (χ0) is 9.26. The largest absolute Gasteiger partial charge is 0.396 e. The number of rotatable bonds is 0. The molecule has 13 heavy (non-hydrogen) atoms. The van der Waals surface area contributed by atoms with Crippen LogP contribution in [0.5, 0.6) is 0 Å². The van der Waals surface area contributed by atoms with Crippen LogP contribution in [0.4, 0.5) is 10.1 Å². The minimum Gasteiger partial charge on any atom is -0.396 e. The summed E-state index contributed by atoms with van der Waals surface area (Å²) in [5.41, 5.74) is 8.22. The molecule has 0 heterocycles. The molecule has 0 spiro atoms. The average molecular weight is 179 g/mol. The van der Waals surface area contributed by atoms with Crippen LogP contribution >= 0.6 is 0 Å². The highest BCUT2D eigenvalue weighted by atomic mass is 19.1. The summed E-state index contributed by atoms with van der Waals surface area (Å²) in [5.74, 6) is -0.263. The molecule has 0 atom stereocenters. The topological polar surface area (TPSA) is 26.0 Å². The Kier molecular flexibility index (Phi) is 2.21. The van der Waals surface area contributed by atoms with Gasteiger partial charge < -0.3 is 5.73 Å². The number of fused-ring (bicyclic) bond motifs is 1. The molecule has 2 N–H and O–H groups in total. The maximum Gasteiger partial charge on any atom is 0.146 e. The van der Waals surface area contributed by atoms with Crippen molar-refractivity contribution in [2.24, 2.45) is 0 Å². The number of hydrogen-bond acceptors (Lipinski definition) is 1. The quantitative estimate of drug-likeness (QED) is 0.481. The van der Waals surface area contributed by atoms with E-state index in [0.29, 0.717) is 5.69 Å². The normalized spacial score (nSPS) is 16.4. The van der Waals surface area contributed by atoms with E-state index in [1.54, 1.807) is 12.1 Å². The summed E-state index contributed by atoms with van der Waals surface area (Å²) in [6.45, 7) is 0. The molecule has 1 nitrogen and oxygen atoms in total. The van der Waals surface area contributed by atoms with Gasteiger partial charge in [-0.3, -0.25) is 0 Å². The summed E-state index contributed by atoms with van der Waals surface area (Å²) in [7, 11) is 0. The molecular formula is C11H14FN. The van der Waals surface area contributed by atoms with Crippen molar-refractivity contribution < 1.29 is 4.39 Å². The van der Waals surface area contributed by atoms with Gasteiger partial charge in [0.15, 0.2) is 0 Å². The number of anilines is 1. The zero-order valence-corrected chi connectivity index (χ0v) is 7.65. The van der Waals surface area contributed by atoms with Crippen molar-refractivity contribution in [1.82, 2.24) is 0 Å². The van der Waals surface area contributed by atoms with Gasteiger partial charge in [0, 0.05) is 0 Å². The molecule has 2 heteroatoms. The highest BCUT2D eigenvalue weighted by molar-refractivity contribution is 5.46. The Morgan fingerprint density at radius 3 is 2.31 bits per heavy atom. The third-order valence-corrected chi connectivity index (χ3v) is 2.71. The SMILES string of the molecule is Nc1cc2c(cc1F)CCCCC2. The van der Waals surface area contributed by atoms with Crippen molar-refractivity contribution >= 4 is 5.69 Å². The second kappa shape index (κ2) is 3.36. The Morgan fingerprint density at radius 1 is 1.00 bits per heavy atom. The molecule has 0 radical (unpaired) electrons. The van der Waals surface area contributed by atoms with Crippen LogP contribution in [0.3, 0.4) is 0 Å². The van der Waals surface area contributed by atoms with Crippen LogP contribution in [0.15, 0.2) is 12.1 Å². The predicted octanol–water partition coefficient (Wildman–Crippen LogP) is 2.68. The van der Waals surface area contributed by atoms with E-state index < -0.39 is 0 Å². The van der Waals surface area contributed by atoms with Gasteiger partial charge in [-0.05, 0) is 48.9 Å². The lowest BCUT2D eigenvalue weighted by molar-refractivity contribution is 0.629. The molecule has 0 saturated heterocycles. The van der Waals surface area contributed by atoms with Gasteiger partial charge in [-0.15, -0.1) is 0 Å². The molecule has 0 aromatic heterocycles. The van der Waals surface area contributed by atoms with E-state index in [2.05, 4.69) is 0 Å². The molecule has 1 aromatic carbocycles. The van der Waals surface area contributed by atoms with E-state index in [0.717, 1.165) is 18.4 Å². The summed E-state index contributed by atoms with van der Waals surface area (Å²) >= 11 is 0. The molecular weight excluding hydrogens is 165 g/mol. The van der Waals surface area contributed by atoms with Gasteiger partial charge in [0.2, 0.25) is 0 Å². The van der Waals surface area contributed by atoms with Gasteiger partial charge in [-0.1, -0.05) is 6.42 Å². The van der Waals surface area contributed by atoms with Crippen LogP contribution < -0.4 is 5.73 Å². The van der Waals surface area contributed by atoms with E-state index in [4.69, 9.17) is 5.73 Å². The number of nitrogen functional groups attached to an aromatic ring is 1. The minimum absolute atomic E-state index is 0.263. The maximum absolute atomic E-state index is 13.1. The number of nitrogens with two attached hydrogens (primary N) is 1. The molecule has 0 unspecified atom stereocenters. The van der Waals surface area contributed by atoms with Crippen molar-refractivity contribution in [3.8, 4) is 0 Å². The van der Waals surface area contributed by atoms with Crippen molar-refractivity contribution in [3.63, 3.8) is 0 Å². The highest BCUT2D eigenvalue weighted by Gasteiger charge is 2.10. The lowest BCUT2D eigenvalue weighted by atomic mass is 10.0. The van der Waals surface area contributed by atoms with E-state index in [-0.39, 0.29) is 5.82 Å². The number of halogens is 1. The molecule has 1 aliphatic carbocycles. The summed E-state index contributed by atoms with van der Waals surface area (Å²) in [4.78, 5) is 0. The van der Waals surface area contributed by atoms with Crippen LogP contribution in [0.1, 0.15) is 30.4 Å². The maximum atomic E-state index is 13.1. The Balaban J connectivity index is 2.43. The molecule has 0 fully saturated rings. The first-order valence-electron chi connectivity index (χ1n) is 4.84. The van der Waals surface area contributed by atoms with E-state index in [1.165, 1.54) is 24.8 Å².